The molecule has 1 fully saturated rings. The van der Waals surface area contributed by atoms with Crippen LogP contribution in [0.4, 0.5) is 11.4 Å². The molecule has 1 amide bonds. The zero-order valence-electron chi connectivity index (χ0n) is 12.6. The van der Waals surface area contributed by atoms with E-state index in [1.54, 1.807) is 6.07 Å². The molecule has 23 heavy (non-hydrogen) atoms. The summed E-state index contributed by atoms with van der Waals surface area (Å²) in [6.45, 7) is 0. The number of carbonyl (C=O) groups is 1. The number of amides is 1. The van der Waals surface area contributed by atoms with Crippen LogP contribution in [-0.4, -0.2) is 17.9 Å². The first kappa shape index (κ1) is 15.0. The molecule has 1 saturated carbocycles. The molecule has 118 valence electrons. The van der Waals surface area contributed by atoms with Crippen LogP contribution in [0.1, 0.15) is 17.9 Å². The van der Waals surface area contributed by atoms with Crippen molar-refractivity contribution in [3.63, 3.8) is 0 Å². The molecule has 6 nitrogen and oxygen atoms in total. The van der Waals surface area contributed by atoms with Crippen molar-refractivity contribution in [1.29, 1.82) is 0 Å². The molecule has 0 saturated heterocycles. The summed E-state index contributed by atoms with van der Waals surface area (Å²) >= 11 is 0. The lowest BCUT2D eigenvalue weighted by atomic mass is 10.1. The van der Waals surface area contributed by atoms with E-state index < -0.39 is 4.92 Å². The van der Waals surface area contributed by atoms with Gasteiger partial charge in [0.25, 0.3) is 5.69 Å². The van der Waals surface area contributed by atoms with Gasteiger partial charge in [-0.25, -0.2) is 0 Å². The summed E-state index contributed by atoms with van der Waals surface area (Å²) < 4.78 is 4.98. The Morgan fingerprint density at radius 3 is 2.65 bits per heavy atom. The fourth-order valence-electron chi connectivity index (χ4n) is 2.67. The van der Waals surface area contributed by atoms with Crippen molar-refractivity contribution in [3.8, 4) is 5.75 Å². The maximum absolute atomic E-state index is 12.3. The second-order valence-electron chi connectivity index (χ2n) is 5.49. The molecule has 1 aliphatic rings. The highest BCUT2D eigenvalue weighted by Gasteiger charge is 2.44. The van der Waals surface area contributed by atoms with Crippen LogP contribution >= 0.6 is 0 Å². The van der Waals surface area contributed by atoms with E-state index in [1.807, 2.05) is 30.3 Å². The fraction of sp³-hybridized carbons (Fsp3) is 0.235. The largest absolute Gasteiger partial charge is 0.496 e. The van der Waals surface area contributed by atoms with Crippen molar-refractivity contribution in [2.45, 2.75) is 12.3 Å². The van der Waals surface area contributed by atoms with Crippen LogP contribution in [-0.2, 0) is 4.79 Å². The minimum absolute atomic E-state index is 0.140. The Balaban J connectivity index is 1.73. The zero-order valence-corrected chi connectivity index (χ0v) is 12.6. The molecule has 0 spiro atoms. The van der Waals surface area contributed by atoms with Gasteiger partial charge in [0.15, 0.2) is 0 Å². The molecule has 2 aromatic rings. The Morgan fingerprint density at radius 2 is 2.00 bits per heavy atom. The highest BCUT2D eigenvalue weighted by Crippen LogP contribution is 2.48. The first-order valence-corrected chi connectivity index (χ1v) is 7.28. The zero-order chi connectivity index (χ0) is 16.4. The van der Waals surface area contributed by atoms with Gasteiger partial charge in [-0.1, -0.05) is 30.3 Å². The van der Waals surface area contributed by atoms with Gasteiger partial charge in [-0.3, -0.25) is 14.9 Å². The molecule has 0 bridgehead atoms. The van der Waals surface area contributed by atoms with Crippen LogP contribution in [0.5, 0.6) is 5.75 Å². The van der Waals surface area contributed by atoms with Gasteiger partial charge in [0.2, 0.25) is 5.91 Å². The Hall–Kier alpha value is -2.89. The number of ether oxygens (including phenoxy) is 1. The summed E-state index contributed by atoms with van der Waals surface area (Å²) in [5.41, 5.74) is 1.14. The minimum Gasteiger partial charge on any atom is -0.496 e. The topological polar surface area (TPSA) is 81.5 Å². The summed E-state index contributed by atoms with van der Waals surface area (Å²) in [4.78, 5) is 22.9. The third-order valence-corrected chi connectivity index (χ3v) is 4.01. The van der Waals surface area contributed by atoms with Gasteiger partial charge in [-0.2, -0.15) is 0 Å². The van der Waals surface area contributed by atoms with Crippen molar-refractivity contribution < 1.29 is 14.5 Å². The molecule has 1 aliphatic carbocycles. The van der Waals surface area contributed by atoms with Crippen molar-refractivity contribution in [1.82, 2.24) is 0 Å². The van der Waals surface area contributed by atoms with E-state index in [0.717, 1.165) is 12.0 Å². The molecule has 0 unspecified atom stereocenters. The van der Waals surface area contributed by atoms with Gasteiger partial charge in [-0.15, -0.1) is 0 Å². The maximum atomic E-state index is 12.3. The summed E-state index contributed by atoms with van der Waals surface area (Å²) in [6.07, 6.45) is 0.764. The molecule has 0 aromatic heterocycles. The van der Waals surface area contributed by atoms with Gasteiger partial charge < -0.3 is 10.1 Å². The monoisotopic (exact) mass is 312 g/mol. The van der Waals surface area contributed by atoms with E-state index in [2.05, 4.69) is 5.32 Å². The number of nitrogens with one attached hydrogen (secondary N) is 1. The Bertz CT molecular complexity index is 746. The first-order valence-electron chi connectivity index (χ1n) is 7.28. The van der Waals surface area contributed by atoms with Crippen LogP contribution in [0.3, 0.4) is 0 Å². The Labute approximate surface area is 133 Å². The second-order valence-corrected chi connectivity index (χ2v) is 5.49. The van der Waals surface area contributed by atoms with E-state index in [9.17, 15) is 14.9 Å². The second kappa shape index (κ2) is 6.08. The number of nitrogens with zero attached hydrogens (tertiary/aromatic N) is 1. The lowest BCUT2D eigenvalue weighted by molar-refractivity contribution is -0.384. The third-order valence-electron chi connectivity index (χ3n) is 4.01. The van der Waals surface area contributed by atoms with E-state index in [1.165, 1.54) is 19.2 Å². The molecule has 0 aliphatic heterocycles. The summed E-state index contributed by atoms with van der Waals surface area (Å²) in [6, 6.07) is 14.2. The number of benzene rings is 2. The van der Waals surface area contributed by atoms with Crippen molar-refractivity contribution in [3.05, 3.63) is 64.2 Å². The van der Waals surface area contributed by atoms with Gasteiger partial charge in [-0.05, 0) is 30.0 Å². The molecule has 1 N–H and O–H groups in total. The highest BCUT2D eigenvalue weighted by atomic mass is 16.6. The normalized spacial score (nSPS) is 19.0. The van der Waals surface area contributed by atoms with Gasteiger partial charge in [0, 0.05) is 5.92 Å². The lowest BCUT2D eigenvalue weighted by Crippen LogP contribution is -2.15. The van der Waals surface area contributed by atoms with E-state index in [0.29, 0.717) is 5.75 Å². The van der Waals surface area contributed by atoms with Crippen LogP contribution in [0, 0.1) is 16.0 Å². The summed E-state index contributed by atoms with van der Waals surface area (Å²) in [7, 11) is 1.44. The average Bonchev–Trinajstić information content (AvgIpc) is 3.36. The molecule has 0 radical (unpaired) electrons. The number of nitro benzene ring substituents is 1. The highest BCUT2D eigenvalue weighted by molar-refractivity contribution is 5.97. The minimum atomic E-state index is -0.528. The van der Waals surface area contributed by atoms with Gasteiger partial charge >= 0.3 is 0 Å². The van der Waals surface area contributed by atoms with Gasteiger partial charge in [0.05, 0.1) is 18.1 Å². The molecule has 2 aromatic carbocycles. The molecule has 2 atom stereocenters. The molecular formula is C17H16N2O4. The van der Waals surface area contributed by atoms with Crippen molar-refractivity contribution in [2.75, 3.05) is 12.4 Å². The third kappa shape index (κ3) is 3.15. The number of hydrogen-bond donors (Lipinski definition) is 1. The predicted molar refractivity (Wildman–Crippen MR) is 85.6 cm³/mol. The number of nitro groups is 1. The smallest absolute Gasteiger partial charge is 0.296 e. The number of anilines is 1. The summed E-state index contributed by atoms with van der Waals surface area (Å²) in [5, 5.41) is 13.8. The van der Waals surface area contributed by atoms with Crippen LogP contribution in [0.2, 0.25) is 0 Å². The van der Waals surface area contributed by atoms with E-state index in [-0.39, 0.29) is 29.1 Å². The van der Waals surface area contributed by atoms with Crippen LogP contribution in [0.15, 0.2) is 48.5 Å². The first-order chi connectivity index (χ1) is 11.1. The van der Waals surface area contributed by atoms with Crippen LogP contribution in [0.25, 0.3) is 0 Å². The number of hydrogen-bond acceptors (Lipinski definition) is 4. The average molecular weight is 312 g/mol. The number of rotatable bonds is 5. The SMILES string of the molecule is COc1ccc(NC(=O)[C@@H]2C[C@@H]2c2ccccc2)c([N+](=O)[O-])c1. The lowest BCUT2D eigenvalue weighted by Gasteiger charge is -2.07. The predicted octanol–water partition coefficient (Wildman–Crippen LogP) is 3.35. The van der Waals surface area contributed by atoms with E-state index >= 15 is 0 Å². The Morgan fingerprint density at radius 1 is 1.26 bits per heavy atom. The standard InChI is InChI=1S/C17H16N2O4/c1-23-12-7-8-15(16(9-12)19(21)22)18-17(20)14-10-13(14)11-5-3-2-4-6-11/h2-9,13-14H,10H2,1H3,(H,18,20)/t13-,14-/m1/s1. The Kier molecular flexibility index (Phi) is 3.97. The summed E-state index contributed by atoms with van der Waals surface area (Å²) in [5.74, 6) is 0.239. The maximum Gasteiger partial charge on any atom is 0.296 e. The van der Waals surface area contributed by atoms with E-state index in [4.69, 9.17) is 4.74 Å². The fourth-order valence-corrected chi connectivity index (χ4v) is 2.67. The number of methoxy groups -OCH3 is 1. The quantitative estimate of drug-likeness (QED) is 0.678. The van der Waals surface area contributed by atoms with Crippen molar-refractivity contribution in [2.24, 2.45) is 5.92 Å². The molecule has 0 heterocycles. The number of carbonyl (C=O) groups excluding carboxylic acids is 1. The molecule has 6 heteroatoms. The molecular weight excluding hydrogens is 296 g/mol. The van der Waals surface area contributed by atoms with Crippen LogP contribution < -0.4 is 10.1 Å². The van der Waals surface area contributed by atoms with Gasteiger partial charge in [0.1, 0.15) is 11.4 Å². The van der Waals surface area contributed by atoms with Crippen molar-refractivity contribution >= 4 is 17.3 Å². The molecule has 3 rings (SSSR count).